The lowest BCUT2D eigenvalue weighted by molar-refractivity contribution is 0.249. The molecular weight excluding hydrogens is 304 g/mol. The third-order valence-electron chi connectivity index (χ3n) is 3.11. The van der Waals surface area contributed by atoms with Gasteiger partial charge in [0.2, 0.25) is 11.0 Å². The maximum atomic E-state index is 11.8. The predicted octanol–water partition coefficient (Wildman–Crippen LogP) is 2.42. The Kier molecular flexibility index (Phi) is 3.81. The summed E-state index contributed by atoms with van der Waals surface area (Å²) in [5, 5.41) is 18.6. The molecule has 1 aliphatic carbocycles. The molecule has 3 rings (SSSR count). The lowest BCUT2D eigenvalue weighted by Crippen LogP contribution is -2.28. The SMILES string of the molecule is CC(C)(C)c1nnc(NC(=O)NCc2nc(C3CC3)no2)s1. The zero-order valence-electron chi connectivity index (χ0n) is 12.7. The van der Waals surface area contributed by atoms with Crippen LogP contribution >= 0.6 is 11.3 Å². The van der Waals surface area contributed by atoms with Crippen LogP contribution < -0.4 is 10.6 Å². The smallest absolute Gasteiger partial charge is 0.321 e. The Morgan fingerprint density at radius 1 is 1.36 bits per heavy atom. The minimum atomic E-state index is -0.372. The van der Waals surface area contributed by atoms with Gasteiger partial charge in [-0.25, -0.2) is 4.79 Å². The van der Waals surface area contributed by atoms with E-state index >= 15 is 0 Å². The van der Waals surface area contributed by atoms with E-state index in [1.54, 1.807) is 0 Å². The Hall–Kier alpha value is -2.03. The van der Waals surface area contributed by atoms with Crippen molar-refractivity contribution in [1.29, 1.82) is 0 Å². The van der Waals surface area contributed by atoms with Gasteiger partial charge < -0.3 is 9.84 Å². The molecule has 0 aliphatic heterocycles. The largest absolute Gasteiger partial charge is 0.337 e. The standard InChI is InChI=1S/C13H18N6O2S/c1-13(2,3)10-17-18-12(22-10)16-11(20)14-6-8-15-9(19-21-8)7-4-5-7/h7H,4-6H2,1-3H3,(H2,14,16,18,20). The third-order valence-corrected chi connectivity index (χ3v) is 4.38. The monoisotopic (exact) mass is 322 g/mol. The first kappa shape index (κ1) is 14.9. The fraction of sp³-hybridized carbons (Fsp3) is 0.615. The van der Waals surface area contributed by atoms with Gasteiger partial charge in [-0.3, -0.25) is 5.32 Å². The summed E-state index contributed by atoms with van der Waals surface area (Å²) in [6.45, 7) is 6.33. The Bertz CT molecular complexity index is 670. The molecule has 8 nitrogen and oxygen atoms in total. The van der Waals surface area contributed by atoms with Crippen LogP contribution in [0.5, 0.6) is 0 Å². The number of nitrogens with zero attached hydrogens (tertiary/aromatic N) is 4. The summed E-state index contributed by atoms with van der Waals surface area (Å²) in [6, 6.07) is -0.372. The highest BCUT2D eigenvalue weighted by molar-refractivity contribution is 7.15. The van der Waals surface area contributed by atoms with Crippen LogP contribution in [-0.4, -0.2) is 26.4 Å². The van der Waals surface area contributed by atoms with E-state index in [-0.39, 0.29) is 18.0 Å². The van der Waals surface area contributed by atoms with Gasteiger partial charge in [-0.1, -0.05) is 37.3 Å². The van der Waals surface area contributed by atoms with E-state index in [9.17, 15) is 4.79 Å². The maximum absolute atomic E-state index is 11.8. The summed E-state index contributed by atoms with van der Waals surface area (Å²) in [5.74, 6) is 1.57. The molecule has 2 N–H and O–H groups in total. The van der Waals surface area contributed by atoms with Gasteiger partial charge in [0.1, 0.15) is 5.01 Å². The Balaban J connectivity index is 1.50. The van der Waals surface area contributed by atoms with Gasteiger partial charge in [0.25, 0.3) is 0 Å². The van der Waals surface area contributed by atoms with E-state index < -0.39 is 0 Å². The molecule has 1 fully saturated rings. The highest BCUT2D eigenvalue weighted by Gasteiger charge is 2.28. The second-order valence-corrected chi connectivity index (χ2v) is 7.27. The second kappa shape index (κ2) is 5.64. The molecule has 2 amide bonds. The zero-order valence-corrected chi connectivity index (χ0v) is 13.5. The van der Waals surface area contributed by atoms with Crippen molar-refractivity contribution < 1.29 is 9.32 Å². The van der Waals surface area contributed by atoms with Gasteiger partial charge in [0, 0.05) is 11.3 Å². The van der Waals surface area contributed by atoms with Crippen molar-refractivity contribution in [3.8, 4) is 0 Å². The van der Waals surface area contributed by atoms with Crippen molar-refractivity contribution in [3.63, 3.8) is 0 Å². The molecule has 1 aliphatic rings. The molecule has 0 saturated heterocycles. The molecule has 1 saturated carbocycles. The quantitative estimate of drug-likeness (QED) is 0.895. The summed E-state index contributed by atoms with van der Waals surface area (Å²) in [5.41, 5.74) is -0.0863. The van der Waals surface area contributed by atoms with E-state index in [2.05, 4.69) is 31.0 Å². The molecule has 2 aromatic heterocycles. The number of hydrogen-bond acceptors (Lipinski definition) is 7. The fourth-order valence-corrected chi connectivity index (χ4v) is 2.52. The van der Waals surface area contributed by atoms with E-state index in [1.165, 1.54) is 11.3 Å². The number of nitrogens with one attached hydrogen (secondary N) is 2. The number of carbonyl (C=O) groups excluding carboxylic acids is 1. The minimum Gasteiger partial charge on any atom is -0.337 e. The van der Waals surface area contributed by atoms with Crippen molar-refractivity contribution >= 4 is 22.5 Å². The molecule has 2 heterocycles. The molecule has 0 atom stereocenters. The molecular formula is C13H18N6O2S. The van der Waals surface area contributed by atoms with Gasteiger partial charge in [-0.05, 0) is 12.8 Å². The Morgan fingerprint density at radius 3 is 2.77 bits per heavy atom. The number of carbonyl (C=O) groups is 1. The predicted molar refractivity (Wildman–Crippen MR) is 80.7 cm³/mol. The van der Waals surface area contributed by atoms with Crippen molar-refractivity contribution in [3.05, 3.63) is 16.7 Å². The third kappa shape index (κ3) is 3.59. The van der Waals surface area contributed by atoms with E-state index in [1.807, 2.05) is 20.8 Å². The van der Waals surface area contributed by atoms with Gasteiger partial charge >= 0.3 is 6.03 Å². The van der Waals surface area contributed by atoms with Crippen molar-refractivity contribution in [2.24, 2.45) is 0 Å². The number of urea groups is 1. The van der Waals surface area contributed by atoms with Gasteiger partial charge in [-0.2, -0.15) is 4.98 Å². The van der Waals surface area contributed by atoms with Crippen LogP contribution in [0.3, 0.4) is 0 Å². The first-order valence-corrected chi connectivity index (χ1v) is 7.95. The topological polar surface area (TPSA) is 106 Å². The van der Waals surface area contributed by atoms with Gasteiger partial charge in [0.05, 0.1) is 6.54 Å². The summed E-state index contributed by atoms with van der Waals surface area (Å²) < 4.78 is 5.09. The summed E-state index contributed by atoms with van der Waals surface area (Å²) in [7, 11) is 0. The molecule has 2 aromatic rings. The highest BCUT2D eigenvalue weighted by atomic mass is 32.1. The molecule has 0 spiro atoms. The molecule has 0 radical (unpaired) electrons. The molecule has 22 heavy (non-hydrogen) atoms. The Labute approximate surface area is 131 Å². The zero-order chi connectivity index (χ0) is 15.7. The van der Waals surface area contributed by atoms with E-state index in [0.29, 0.717) is 16.9 Å². The Morgan fingerprint density at radius 2 is 2.14 bits per heavy atom. The summed E-state index contributed by atoms with van der Waals surface area (Å²) >= 11 is 1.36. The summed E-state index contributed by atoms with van der Waals surface area (Å²) in [6.07, 6.45) is 2.22. The van der Waals surface area contributed by atoms with Gasteiger partial charge in [-0.15, -0.1) is 10.2 Å². The van der Waals surface area contributed by atoms with Crippen LogP contribution in [0.25, 0.3) is 0 Å². The molecule has 0 unspecified atom stereocenters. The van der Waals surface area contributed by atoms with E-state index in [4.69, 9.17) is 4.52 Å². The maximum Gasteiger partial charge on any atom is 0.321 e. The van der Waals surface area contributed by atoms with Crippen molar-refractivity contribution in [1.82, 2.24) is 25.7 Å². The van der Waals surface area contributed by atoms with Crippen molar-refractivity contribution in [2.45, 2.75) is 51.5 Å². The van der Waals surface area contributed by atoms with Crippen LogP contribution in [0.2, 0.25) is 0 Å². The van der Waals surface area contributed by atoms with Crippen LogP contribution in [-0.2, 0) is 12.0 Å². The highest BCUT2D eigenvalue weighted by Crippen LogP contribution is 2.38. The number of anilines is 1. The lowest BCUT2D eigenvalue weighted by Gasteiger charge is -2.12. The van der Waals surface area contributed by atoms with Crippen LogP contribution in [0, 0.1) is 0 Å². The average Bonchev–Trinajstić information content (AvgIpc) is 2.99. The lowest BCUT2D eigenvalue weighted by atomic mass is 9.98. The number of amides is 2. The molecule has 9 heteroatoms. The van der Waals surface area contributed by atoms with Crippen molar-refractivity contribution in [2.75, 3.05) is 5.32 Å². The second-order valence-electron chi connectivity index (χ2n) is 6.29. The van der Waals surface area contributed by atoms with Crippen LogP contribution in [0.4, 0.5) is 9.93 Å². The number of rotatable bonds is 4. The number of aromatic nitrogens is 4. The first-order valence-electron chi connectivity index (χ1n) is 7.13. The van der Waals surface area contributed by atoms with E-state index in [0.717, 1.165) is 23.7 Å². The fourth-order valence-electron chi connectivity index (χ4n) is 1.72. The van der Waals surface area contributed by atoms with Crippen LogP contribution in [0.15, 0.2) is 4.52 Å². The molecule has 118 valence electrons. The van der Waals surface area contributed by atoms with Gasteiger partial charge in [0.15, 0.2) is 5.82 Å². The molecule has 0 bridgehead atoms. The minimum absolute atomic E-state index is 0.0863. The normalized spacial score (nSPS) is 14.9. The average molecular weight is 322 g/mol. The van der Waals surface area contributed by atoms with Crippen LogP contribution in [0.1, 0.15) is 56.3 Å². The number of hydrogen-bond donors (Lipinski definition) is 2. The summed E-state index contributed by atoms with van der Waals surface area (Å²) in [4.78, 5) is 16.1. The molecule has 0 aromatic carbocycles. The first-order chi connectivity index (χ1) is 10.4.